The van der Waals surface area contributed by atoms with E-state index in [9.17, 15) is 4.39 Å². The first-order chi connectivity index (χ1) is 8.72. The van der Waals surface area contributed by atoms with Gasteiger partial charge in [-0.05, 0) is 42.1 Å². The molecule has 0 saturated heterocycles. The van der Waals surface area contributed by atoms with Gasteiger partial charge in [-0.2, -0.15) is 0 Å². The molecular weight excluding hydrogens is 273 g/mol. The summed E-state index contributed by atoms with van der Waals surface area (Å²) in [6, 6.07) is 7.98. The molecule has 2 heterocycles. The largest absolute Gasteiger partial charge is 0.346 e. The van der Waals surface area contributed by atoms with E-state index in [-0.39, 0.29) is 5.82 Å². The standard InChI is InChI=1S/C12H7ClFN3S/c13-10-9-5-6-15-11(9)17-12(16-10)18-8-3-1-7(14)2-4-8/h1-6H,(H,15,16,17). The Hall–Kier alpha value is -1.59. The van der Waals surface area contributed by atoms with E-state index in [2.05, 4.69) is 15.0 Å². The zero-order valence-electron chi connectivity index (χ0n) is 9.02. The summed E-state index contributed by atoms with van der Waals surface area (Å²) in [5.41, 5.74) is 0.694. The van der Waals surface area contributed by atoms with Gasteiger partial charge in [0.05, 0.1) is 5.39 Å². The topological polar surface area (TPSA) is 41.6 Å². The highest BCUT2D eigenvalue weighted by Gasteiger charge is 2.08. The number of nitrogens with zero attached hydrogens (tertiary/aromatic N) is 2. The van der Waals surface area contributed by atoms with E-state index >= 15 is 0 Å². The minimum absolute atomic E-state index is 0.266. The van der Waals surface area contributed by atoms with Gasteiger partial charge in [-0.15, -0.1) is 0 Å². The molecule has 0 aliphatic heterocycles. The van der Waals surface area contributed by atoms with E-state index in [1.165, 1.54) is 23.9 Å². The predicted molar refractivity (Wildman–Crippen MR) is 69.4 cm³/mol. The first-order valence-corrected chi connectivity index (χ1v) is 6.36. The summed E-state index contributed by atoms with van der Waals surface area (Å²) in [5.74, 6) is -0.266. The minimum atomic E-state index is -0.266. The van der Waals surface area contributed by atoms with Crippen molar-refractivity contribution >= 4 is 34.4 Å². The molecule has 0 amide bonds. The van der Waals surface area contributed by atoms with Crippen molar-refractivity contribution in [3.63, 3.8) is 0 Å². The minimum Gasteiger partial charge on any atom is -0.346 e. The highest BCUT2D eigenvalue weighted by atomic mass is 35.5. The predicted octanol–water partition coefficient (Wildman–Crippen LogP) is 3.90. The molecule has 1 aromatic carbocycles. The van der Waals surface area contributed by atoms with Crippen LogP contribution in [0.5, 0.6) is 0 Å². The molecule has 0 atom stereocenters. The van der Waals surface area contributed by atoms with Crippen LogP contribution in [0.25, 0.3) is 11.0 Å². The number of benzene rings is 1. The van der Waals surface area contributed by atoms with Gasteiger partial charge in [0.2, 0.25) is 0 Å². The highest BCUT2D eigenvalue weighted by molar-refractivity contribution is 7.99. The smallest absolute Gasteiger partial charge is 0.195 e. The van der Waals surface area contributed by atoms with Gasteiger partial charge in [0.25, 0.3) is 0 Å². The van der Waals surface area contributed by atoms with Gasteiger partial charge in [-0.3, -0.25) is 0 Å². The van der Waals surface area contributed by atoms with Crippen LogP contribution in [0.15, 0.2) is 46.6 Å². The van der Waals surface area contributed by atoms with Crippen LogP contribution < -0.4 is 0 Å². The molecule has 1 N–H and O–H groups in total. The average molecular weight is 280 g/mol. The number of rotatable bonds is 2. The van der Waals surface area contributed by atoms with Crippen molar-refractivity contribution < 1.29 is 4.39 Å². The van der Waals surface area contributed by atoms with Crippen LogP contribution in [-0.2, 0) is 0 Å². The molecule has 3 nitrogen and oxygen atoms in total. The maximum atomic E-state index is 12.8. The Balaban J connectivity index is 1.97. The lowest BCUT2D eigenvalue weighted by molar-refractivity contribution is 0.626. The lowest BCUT2D eigenvalue weighted by atomic mass is 10.4. The molecule has 0 radical (unpaired) electrons. The van der Waals surface area contributed by atoms with Crippen molar-refractivity contribution in [2.75, 3.05) is 0 Å². The number of H-pyrrole nitrogens is 1. The summed E-state index contributed by atoms with van der Waals surface area (Å²) < 4.78 is 12.8. The Labute approximate surface area is 111 Å². The summed E-state index contributed by atoms with van der Waals surface area (Å²) in [6.07, 6.45) is 1.76. The van der Waals surface area contributed by atoms with E-state index in [0.717, 1.165) is 10.3 Å². The van der Waals surface area contributed by atoms with Crippen LogP contribution in [0.3, 0.4) is 0 Å². The number of halogens is 2. The van der Waals surface area contributed by atoms with Crippen LogP contribution in [0.1, 0.15) is 0 Å². The summed E-state index contributed by atoms with van der Waals surface area (Å²) in [4.78, 5) is 12.4. The molecule has 0 saturated carbocycles. The lowest BCUT2D eigenvalue weighted by Crippen LogP contribution is -1.88. The van der Waals surface area contributed by atoms with Gasteiger partial charge in [0.1, 0.15) is 16.6 Å². The Morgan fingerprint density at radius 2 is 1.89 bits per heavy atom. The molecular formula is C12H7ClFN3S. The zero-order chi connectivity index (χ0) is 12.5. The Morgan fingerprint density at radius 1 is 1.11 bits per heavy atom. The molecule has 0 unspecified atom stereocenters. The van der Waals surface area contributed by atoms with E-state index in [4.69, 9.17) is 11.6 Å². The molecule has 18 heavy (non-hydrogen) atoms. The third kappa shape index (κ3) is 2.19. The van der Waals surface area contributed by atoms with E-state index in [1.807, 2.05) is 6.07 Å². The third-order valence-electron chi connectivity index (χ3n) is 2.37. The van der Waals surface area contributed by atoms with E-state index in [0.29, 0.717) is 16.0 Å². The van der Waals surface area contributed by atoms with Crippen molar-refractivity contribution in [3.8, 4) is 0 Å². The summed E-state index contributed by atoms with van der Waals surface area (Å²) in [6.45, 7) is 0. The summed E-state index contributed by atoms with van der Waals surface area (Å²) in [5, 5.41) is 1.73. The van der Waals surface area contributed by atoms with Gasteiger partial charge in [0.15, 0.2) is 5.16 Å². The average Bonchev–Trinajstić information content (AvgIpc) is 2.81. The zero-order valence-corrected chi connectivity index (χ0v) is 10.6. The quantitative estimate of drug-likeness (QED) is 0.571. The van der Waals surface area contributed by atoms with Crippen LogP contribution >= 0.6 is 23.4 Å². The second kappa shape index (κ2) is 4.59. The van der Waals surface area contributed by atoms with Crippen molar-refractivity contribution in [3.05, 3.63) is 47.5 Å². The van der Waals surface area contributed by atoms with Crippen molar-refractivity contribution in [2.24, 2.45) is 0 Å². The van der Waals surface area contributed by atoms with Gasteiger partial charge in [0, 0.05) is 11.1 Å². The second-order valence-corrected chi connectivity index (χ2v) is 4.99. The van der Waals surface area contributed by atoms with Crippen LogP contribution in [0.4, 0.5) is 4.39 Å². The van der Waals surface area contributed by atoms with Crippen molar-refractivity contribution in [2.45, 2.75) is 10.1 Å². The monoisotopic (exact) mass is 279 g/mol. The molecule has 3 aromatic rings. The van der Waals surface area contributed by atoms with Gasteiger partial charge >= 0.3 is 0 Å². The summed E-state index contributed by atoms with van der Waals surface area (Å²) >= 11 is 7.39. The highest BCUT2D eigenvalue weighted by Crippen LogP contribution is 2.28. The fourth-order valence-corrected chi connectivity index (χ4v) is 2.58. The van der Waals surface area contributed by atoms with E-state index < -0.39 is 0 Å². The molecule has 0 spiro atoms. The SMILES string of the molecule is Fc1ccc(Sc2nc(Cl)c3cc[nH]c3n2)cc1. The Bertz CT molecular complexity index is 696. The molecule has 0 aliphatic carbocycles. The van der Waals surface area contributed by atoms with Crippen molar-refractivity contribution in [1.82, 2.24) is 15.0 Å². The molecule has 0 aliphatic rings. The normalized spacial score (nSPS) is 11.0. The van der Waals surface area contributed by atoms with Crippen LogP contribution in [-0.4, -0.2) is 15.0 Å². The fourth-order valence-electron chi connectivity index (χ4n) is 1.54. The molecule has 2 aromatic heterocycles. The van der Waals surface area contributed by atoms with E-state index in [1.54, 1.807) is 18.3 Å². The Kier molecular flexibility index (Phi) is 2.93. The number of hydrogen-bond acceptors (Lipinski definition) is 3. The molecule has 6 heteroatoms. The maximum Gasteiger partial charge on any atom is 0.195 e. The molecule has 0 fully saturated rings. The van der Waals surface area contributed by atoms with Gasteiger partial charge in [-0.25, -0.2) is 14.4 Å². The number of fused-ring (bicyclic) bond motifs is 1. The number of hydrogen-bond donors (Lipinski definition) is 1. The molecule has 90 valence electrons. The second-order valence-electron chi connectivity index (χ2n) is 3.59. The number of aromatic nitrogens is 3. The fraction of sp³-hybridized carbons (Fsp3) is 0. The van der Waals surface area contributed by atoms with Crippen LogP contribution in [0.2, 0.25) is 5.15 Å². The number of aromatic amines is 1. The van der Waals surface area contributed by atoms with Gasteiger partial charge < -0.3 is 4.98 Å². The van der Waals surface area contributed by atoms with Crippen molar-refractivity contribution in [1.29, 1.82) is 0 Å². The molecule has 0 bridgehead atoms. The van der Waals surface area contributed by atoms with Gasteiger partial charge in [-0.1, -0.05) is 11.6 Å². The summed E-state index contributed by atoms with van der Waals surface area (Å²) in [7, 11) is 0. The maximum absolute atomic E-state index is 12.8. The number of nitrogens with one attached hydrogen (secondary N) is 1. The first kappa shape index (κ1) is 11.5. The lowest BCUT2D eigenvalue weighted by Gasteiger charge is -2.01. The third-order valence-corrected chi connectivity index (χ3v) is 3.53. The molecule has 3 rings (SSSR count). The Morgan fingerprint density at radius 3 is 2.67 bits per heavy atom. The first-order valence-electron chi connectivity index (χ1n) is 5.16. The van der Waals surface area contributed by atoms with Crippen LogP contribution in [0, 0.1) is 5.82 Å².